The molecule has 0 amide bonds. The molecule has 0 saturated carbocycles. The Morgan fingerprint density at radius 2 is 1.68 bits per heavy atom. The van der Waals surface area contributed by atoms with Gasteiger partial charge in [0.05, 0.1) is 29.0 Å². The van der Waals surface area contributed by atoms with Crippen molar-refractivity contribution in [2.75, 3.05) is 0 Å². The summed E-state index contributed by atoms with van der Waals surface area (Å²) in [6.45, 7) is 0.465. The first-order chi connectivity index (χ1) is 16.6. The lowest BCUT2D eigenvalue weighted by atomic mass is 9.84. The van der Waals surface area contributed by atoms with E-state index in [0.29, 0.717) is 45.3 Å². The Bertz CT molecular complexity index is 1660. The average Bonchev–Trinajstić information content (AvgIpc) is 2.86. The highest BCUT2D eigenvalue weighted by Gasteiger charge is 2.36. The van der Waals surface area contributed by atoms with Crippen molar-refractivity contribution < 1.29 is 9.15 Å². The minimum absolute atomic E-state index is 0.215. The van der Waals surface area contributed by atoms with E-state index < -0.39 is 11.5 Å². The number of halogens is 1. The maximum atomic E-state index is 13.3. The molecule has 3 heterocycles. The zero-order valence-corrected chi connectivity index (χ0v) is 18.6. The molecule has 166 valence electrons. The monoisotopic (exact) mass is 467 g/mol. The zero-order valence-electron chi connectivity index (χ0n) is 17.9. The molecule has 6 rings (SSSR count). The normalized spacial score (nSPS) is 14.3. The molecule has 0 saturated heterocycles. The van der Waals surface area contributed by atoms with Crippen molar-refractivity contribution >= 4 is 22.6 Å². The van der Waals surface area contributed by atoms with Crippen molar-refractivity contribution in [3.8, 4) is 11.6 Å². The van der Waals surface area contributed by atoms with Crippen LogP contribution in [-0.4, -0.2) is 9.55 Å². The topological polar surface area (TPSA) is 81.1 Å². The Morgan fingerprint density at radius 1 is 0.941 bits per heavy atom. The van der Waals surface area contributed by atoms with Crippen LogP contribution in [0.2, 0.25) is 5.02 Å². The van der Waals surface area contributed by atoms with E-state index in [4.69, 9.17) is 26.2 Å². The quantitative estimate of drug-likeness (QED) is 0.350. The van der Waals surface area contributed by atoms with Crippen LogP contribution in [0.5, 0.6) is 11.6 Å². The van der Waals surface area contributed by atoms with Crippen LogP contribution < -0.4 is 15.9 Å². The molecule has 2 aromatic heterocycles. The summed E-state index contributed by atoms with van der Waals surface area (Å²) in [7, 11) is 0. The third-order valence-corrected chi connectivity index (χ3v) is 6.31. The molecule has 0 bridgehead atoms. The number of hydrogen-bond acceptors (Lipinski definition) is 5. The predicted molar refractivity (Wildman–Crippen MR) is 129 cm³/mol. The van der Waals surface area contributed by atoms with Crippen molar-refractivity contribution in [2.24, 2.45) is 0 Å². The third-order valence-electron chi connectivity index (χ3n) is 6.06. The fraction of sp³-hybridized carbons (Fsp3) is 0.0741. The number of nitrogens with zero attached hydrogens (tertiary/aromatic N) is 2. The molecule has 0 spiro atoms. The van der Waals surface area contributed by atoms with Gasteiger partial charge in [0.25, 0.3) is 0 Å². The standard InChI is InChI=1S/C27H18ClN3O3/c28-18-12-10-17(11-13-18)21-22-24(19-8-4-5-9-20(19)33-27(22)32)34-26-23(21)25(29)31(15-30-26)14-16-6-2-1-3-7-16/h1-13,15,21,29H,14H2. The first kappa shape index (κ1) is 20.4. The second-order valence-corrected chi connectivity index (χ2v) is 8.58. The summed E-state index contributed by atoms with van der Waals surface area (Å²) in [5, 5.41) is 10.3. The van der Waals surface area contributed by atoms with Gasteiger partial charge in [0.15, 0.2) is 5.75 Å². The van der Waals surface area contributed by atoms with Crippen LogP contribution in [-0.2, 0) is 6.54 Å². The largest absolute Gasteiger partial charge is 0.437 e. The highest BCUT2D eigenvalue weighted by atomic mass is 35.5. The molecule has 6 nitrogen and oxygen atoms in total. The number of hydrogen-bond donors (Lipinski definition) is 1. The summed E-state index contributed by atoms with van der Waals surface area (Å²) < 4.78 is 13.6. The lowest BCUT2D eigenvalue weighted by molar-refractivity contribution is 0.414. The van der Waals surface area contributed by atoms with Crippen LogP contribution in [0, 0.1) is 5.41 Å². The molecule has 1 aliphatic rings. The minimum Gasteiger partial charge on any atom is -0.437 e. The molecule has 1 aliphatic heterocycles. The lowest BCUT2D eigenvalue weighted by Gasteiger charge is -2.28. The first-order valence-electron chi connectivity index (χ1n) is 10.8. The second-order valence-electron chi connectivity index (χ2n) is 8.14. The van der Waals surface area contributed by atoms with Crippen molar-refractivity contribution in [1.29, 1.82) is 5.41 Å². The second kappa shape index (κ2) is 8.01. The van der Waals surface area contributed by atoms with Crippen LogP contribution in [0.25, 0.3) is 11.0 Å². The minimum atomic E-state index is -0.597. The van der Waals surface area contributed by atoms with Gasteiger partial charge in [0, 0.05) is 5.02 Å². The molecule has 1 atom stereocenters. The van der Waals surface area contributed by atoms with Crippen LogP contribution in [0.15, 0.2) is 94.4 Å². The van der Waals surface area contributed by atoms with Crippen molar-refractivity contribution in [2.45, 2.75) is 12.5 Å². The van der Waals surface area contributed by atoms with E-state index in [1.165, 1.54) is 0 Å². The van der Waals surface area contributed by atoms with Gasteiger partial charge in [-0.1, -0.05) is 66.2 Å². The molecular weight excluding hydrogens is 450 g/mol. The van der Waals surface area contributed by atoms with Crippen LogP contribution in [0.4, 0.5) is 0 Å². The molecule has 0 aliphatic carbocycles. The van der Waals surface area contributed by atoms with Gasteiger partial charge in [-0.3, -0.25) is 5.41 Å². The number of rotatable bonds is 3. The number of para-hydroxylation sites is 1. The predicted octanol–water partition coefficient (Wildman–Crippen LogP) is 5.46. The van der Waals surface area contributed by atoms with Gasteiger partial charge in [0.1, 0.15) is 17.4 Å². The van der Waals surface area contributed by atoms with Crippen LogP contribution >= 0.6 is 11.6 Å². The van der Waals surface area contributed by atoms with E-state index in [2.05, 4.69) is 4.98 Å². The van der Waals surface area contributed by atoms with Gasteiger partial charge in [-0.25, -0.2) is 9.78 Å². The van der Waals surface area contributed by atoms with E-state index in [-0.39, 0.29) is 5.49 Å². The van der Waals surface area contributed by atoms with E-state index in [9.17, 15) is 4.79 Å². The van der Waals surface area contributed by atoms with Crippen LogP contribution in [0.3, 0.4) is 0 Å². The fourth-order valence-corrected chi connectivity index (χ4v) is 4.60. The van der Waals surface area contributed by atoms with Crippen molar-refractivity contribution in [3.05, 3.63) is 128 Å². The highest BCUT2D eigenvalue weighted by Crippen LogP contribution is 2.46. The van der Waals surface area contributed by atoms with E-state index in [1.807, 2.05) is 54.6 Å². The molecule has 1 N–H and O–H groups in total. The Kier molecular flexibility index (Phi) is 4.81. The number of aromatic nitrogens is 2. The van der Waals surface area contributed by atoms with Gasteiger partial charge < -0.3 is 13.7 Å². The molecule has 0 radical (unpaired) electrons. The summed E-state index contributed by atoms with van der Waals surface area (Å²) in [5.74, 6) is 0.115. The SMILES string of the molecule is N=c1c2c(ncn1Cc1ccccc1)Oc1c(c(=O)oc3ccccc13)C2c1ccc(Cl)cc1. The number of benzene rings is 3. The van der Waals surface area contributed by atoms with E-state index in [1.54, 1.807) is 35.2 Å². The smallest absolute Gasteiger partial charge is 0.344 e. The maximum absolute atomic E-state index is 13.3. The van der Waals surface area contributed by atoms with Crippen molar-refractivity contribution in [3.63, 3.8) is 0 Å². The number of ether oxygens (including phenoxy) is 1. The first-order valence-corrected chi connectivity index (χ1v) is 11.1. The fourth-order valence-electron chi connectivity index (χ4n) is 4.47. The molecular formula is C27H18ClN3O3. The number of nitrogens with one attached hydrogen (secondary N) is 1. The van der Waals surface area contributed by atoms with Gasteiger partial charge in [-0.05, 0) is 35.4 Å². The molecule has 0 fully saturated rings. The summed E-state index contributed by atoms with van der Waals surface area (Å²) in [6, 6.07) is 24.3. The molecule has 1 unspecified atom stereocenters. The summed E-state index contributed by atoms with van der Waals surface area (Å²) in [6.07, 6.45) is 1.60. The lowest BCUT2D eigenvalue weighted by Crippen LogP contribution is -2.32. The summed E-state index contributed by atoms with van der Waals surface area (Å²) in [5.41, 5.74) is 2.84. The summed E-state index contributed by atoms with van der Waals surface area (Å²) >= 11 is 6.15. The molecule has 34 heavy (non-hydrogen) atoms. The van der Waals surface area contributed by atoms with Gasteiger partial charge in [0.2, 0.25) is 5.88 Å². The van der Waals surface area contributed by atoms with Crippen molar-refractivity contribution in [1.82, 2.24) is 9.55 Å². The highest BCUT2D eigenvalue weighted by molar-refractivity contribution is 6.30. The van der Waals surface area contributed by atoms with E-state index >= 15 is 0 Å². The Morgan fingerprint density at radius 3 is 2.47 bits per heavy atom. The average molecular weight is 468 g/mol. The van der Waals surface area contributed by atoms with Gasteiger partial charge >= 0.3 is 5.63 Å². The Labute approximate surface area is 199 Å². The third kappa shape index (κ3) is 3.31. The van der Waals surface area contributed by atoms with E-state index in [0.717, 1.165) is 11.1 Å². The zero-order chi connectivity index (χ0) is 23.2. The Balaban J connectivity index is 1.62. The molecule has 7 heteroatoms. The van der Waals surface area contributed by atoms with Gasteiger partial charge in [-0.2, -0.15) is 0 Å². The molecule has 3 aromatic carbocycles. The van der Waals surface area contributed by atoms with Crippen LogP contribution in [0.1, 0.15) is 28.2 Å². The van der Waals surface area contributed by atoms with Gasteiger partial charge in [-0.15, -0.1) is 0 Å². The summed E-state index contributed by atoms with van der Waals surface area (Å²) in [4.78, 5) is 17.8. The molecule has 5 aromatic rings. The number of fused-ring (bicyclic) bond motifs is 4. The Hall–Kier alpha value is -4.16. The maximum Gasteiger partial charge on any atom is 0.344 e.